The van der Waals surface area contributed by atoms with E-state index in [9.17, 15) is 9.59 Å². The fraction of sp³-hybridized carbons (Fsp3) is 0.556. The lowest BCUT2D eigenvalue weighted by molar-refractivity contribution is -0.123. The first-order valence-electron chi connectivity index (χ1n) is 8.41. The molecule has 1 aromatic carbocycles. The summed E-state index contributed by atoms with van der Waals surface area (Å²) >= 11 is 0. The molecule has 0 heterocycles. The van der Waals surface area contributed by atoms with Crippen LogP contribution in [0.3, 0.4) is 0 Å². The second-order valence-electron chi connectivity index (χ2n) is 5.78. The van der Waals surface area contributed by atoms with E-state index in [0.717, 1.165) is 37.1 Å². The number of rotatable bonds is 10. The van der Waals surface area contributed by atoms with Crippen LogP contribution < -0.4 is 10.6 Å². The highest BCUT2D eigenvalue weighted by atomic mass is 16.2. The predicted molar refractivity (Wildman–Crippen MR) is 94.5 cm³/mol. The van der Waals surface area contributed by atoms with Crippen LogP contribution in [0.4, 0.5) is 5.69 Å². The second kappa shape index (κ2) is 10.8. The van der Waals surface area contributed by atoms with Crippen LogP contribution >= 0.6 is 0 Å². The van der Waals surface area contributed by atoms with E-state index in [0.29, 0.717) is 6.54 Å². The van der Waals surface area contributed by atoms with Crippen molar-refractivity contribution in [3.8, 4) is 0 Å². The normalized spacial score (nSPS) is 10.6. The standard InChI is InChI=1S/C18H29N3O2/c1-4-6-11-19-17(22)13-21(12-5-2)14-18(23)20-16-10-8-7-9-15(16)3/h7-10H,4-6,11-14H2,1-3H3,(H,19,22)(H,20,23). The summed E-state index contributed by atoms with van der Waals surface area (Å²) in [6.45, 7) is 8.00. The molecule has 23 heavy (non-hydrogen) atoms. The largest absolute Gasteiger partial charge is 0.355 e. The van der Waals surface area contributed by atoms with Gasteiger partial charge in [-0.1, -0.05) is 38.5 Å². The van der Waals surface area contributed by atoms with Crippen molar-refractivity contribution in [3.63, 3.8) is 0 Å². The number of para-hydroxylation sites is 1. The van der Waals surface area contributed by atoms with E-state index in [2.05, 4.69) is 17.6 Å². The summed E-state index contributed by atoms with van der Waals surface area (Å²) in [6, 6.07) is 7.68. The third kappa shape index (κ3) is 7.79. The lowest BCUT2D eigenvalue weighted by Crippen LogP contribution is -2.41. The van der Waals surface area contributed by atoms with Crippen LogP contribution in [0, 0.1) is 6.92 Å². The number of carbonyl (C=O) groups excluding carboxylic acids is 2. The number of nitrogens with one attached hydrogen (secondary N) is 2. The quantitative estimate of drug-likeness (QED) is 0.652. The first kappa shape index (κ1) is 19.2. The number of nitrogens with zero attached hydrogens (tertiary/aromatic N) is 1. The van der Waals surface area contributed by atoms with E-state index >= 15 is 0 Å². The molecule has 5 nitrogen and oxygen atoms in total. The molecule has 1 aromatic rings. The number of amides is 2. The number of benzene rings is 1. The Morgan fingerprint density at radius 2 is 1.74 bits per heavy atom. The van der Waals surface area contributed by atoms with Crippen LogP contribution in [0.2, 0.25) is 0 Å². The molecule has 2 N–H and O–H groups in total. The topological polar surface area (TPSA) is 61.4 Å². The average molecular weight is 319 g/mol. The van der Waals surface area contributed by atoms with Gasteiger partial charge in [0.15, 0.2) is 0 Å². The third-order valence-electron chi connectivity index (χ3n) is 3.55. The van der Waals surface area contributed by atoms with Crippen LogP contribution in [0.25, 0.3) is 0 Å². The minimum atomic E-state index is -0.0888. The molecule has 0 bridgehead atoms. The lowest BCUT2D eigenvalue weighted by atomic mass is 10.2. The minimum Gasteiger partial charge on any atom is -0.355 e. The van der Waals surface area contributed by atoms with Crippen molar-refractivity contribution < 1.29 is 9.59 Å². The Labute approximate surface area is 139 Å². The molecule has 0 fully saturated rings. The van der Waals surface area contributed by atoms with Gasteiger partial charge >= 0.3 is 0 Å². The maximum Gasteiger partial charge on any atom is 0.238 e. The minimum absolute atomic E-state index is 0.0180. The summed E-state index contributed by atoms with van der Waals surface area (Å²) in [5, 5.41) is 5.80. The molecule has 0 aliphatic carbocycles. The molecule has 0 unspecified atom stereocenters. The van der Waals surface area contributed by atoms with Gasteiger partial charge in [0.1, 0.15) is 0 Å². The van der Waals surface area contributed by atoms with Gasteiger partial charge in [-0.2, -0.15) is 0 Å². The number of aryl methyl sites for hydroxylation is 1. The molecule has 0 saturated heterocycles. The van der Waals surface area contributed by atoms with Crippen LogP contribution in [-0.2, 0) is 9.59 Å². The Balaban J connectivity index is 2.49. The van der Waals surface area contributed by atoms with Gasteiger partial charge in [0.05, 0.1) is 13.1 Å². The van der Waals surface area contributed by atoms with Crippen LogP contribution in [0.5, 0.6) is 0 Å². The highest BCUT2D eigenvalue weighted by Gasteiger charge is 2.14. The van der Waals surface area contributed by atoms with Crippen LogP contribution in [-0.4, -0.2) is 42.9 Å². The second-order valence-corrected chi connectivity index (χ2v) is 5.78. The average Bonchev–Trinajstić information content (AvgIpc) is 2.50. The van der Waals surface area contributed by atoms with E-state index < -0.39 is 0 Å². The molecular formula is C18H29N3O2. The van der Waals surface area contributed by atoms with Crippen molar-refractivity contribution in [2.45, 2.75) is 40.0 Å². The molecular weight excluding hydrogens is 290 g/mol. The summed E-state index contributed by atoms with van der Waals surface area (Å²) in [5.74, 6) is -0.107. The Bertz CT molecular complexity index is 503. The van der Waals surface area contributed by atoms with Crippen molar-refractivity contribution in [2.75, 3.05) is 31.5 Å². The van der Waals surface area contributed by atoms with Crippen LogP contribution in [0.1, 0.15) is 38.7 Å². The Morgan fingerprint density at radius 1 is 1.04 bits per heavy atom. The molecule has 2 amide bonds. The summed E-state index contributed by atoms with van der Waals surface area (Å²) in [5.41, 5.74) is 1.85. The highest BCUT2D eigenvalue weighted by molar-refractivity contribution is 5.93. The zero-order valence-corrected chi connectivity index (χ0v) is 14.5. The molecule has 0 radical (unpaired) electrons. The fourth-order valence-electron chi connectivity index (χ4n) is 2.30. The summed E-state index contributed by atoms with van der Waals surface area (Å²) in [6.07, 6.45) is 2.94. The van der Waals surface area contributed by atoms with Gasteiger partial charge in [-0.05, 0) is 37.9 Å². The molecule has 0 spiro atoms. The number of anilines is 1. The first-order valence-corrected chi connectivity index (χ1v) is 8.41. The van der Waals surface area contributed by atoms with E-state index in [1.54, 1.807) is 0 Å². The molecule has 0 aliphatic rings. The zero-order valence-electron chi connectivity index (χ0n) is 14.5. The Kier molecular flexibility index (Phi) is 8.98. The monoisotopic (exact) mass is 319 g/mol. The Morgan fingerprint density at radius 3 is 2.39 bits per heavy atom. The van der Waals surface area contributed by atoms with Crippen molar-refractivity contribution in [3.05, 3.63) is 29.8 Å². The van der Waals surface area contributed by atoms with Gasteiger partial charge < -0.3 is 10.6 Å². The van der Waals surface area contributed by atoms with Crippen LogP contribution in [0.15, 0.2) is 24.3 Å². The van der Waals surface area contributed by atoms with E-state index in [-0.39, 0.29) is 24.9 Å². The molecule has 0 saturated carbocycles. The van der Waals surface area contributed by atoms with Crippen molar-refractivity contribution in [2.24, 2.45) is 0 Å². The summed E-state index contributed by atoms with van der Waals surface area (Å²) in [4.78, 5) is 26.0. The maximum atomic E-state index is 12.2. The van der Waals surface area contributed by atoms with Crippen molar-refractivity contribution >= 4 is 17.5 Å². The first-order chi connectivity index (χ1) is 11.1. The third-order valence-corrected chi connectivity index (χ3v) is 3.55. The summed E-state index contributed by atoms with van der Waals surface area (Å²) < 4.78 is 0. The van der Waals surface area contributed by atoms with Gasteiger partial charge in [0.2, 0.25) is 11.8 Å². The van der Waals surface area contributed by atoms with Gasteiger partial charge in [-0.15, -0.1) is 0 Å². The SMILES string of the molecule is CCCCNC(=O)CN(CCC)CC(=O)Nc1ccccc1C. The van der Waals surface area contributed by atoms with E-state index in [4.69, 9.17) is 0 Å². The molecule has 128 valence electrons. The summed E-state index contributed by atoms with van der Waals surface area (Å²) in [7, 11) is 0. The number of hydrogen-bond acceptors (Lipinski definition) is 3. The highest BCUT2D eigenvalue weighted by Crippen LogP contribution is 2.12. The molecule has 0 aliphatic heterocycles. The molecule has 0 aromatic heterocycles. The number of carbonyl (C=O) groups is 2. The van der Waals surface area contributed by atoms with Gasteiger partial charge in [-0.25, -0.2) is 0 Å². The maximum absolute atomic E-state index is 12.2. The Hall–Kier alpha value is -1.88. The molecule has 5 heteroatoms. The number of hydrogen-bond donors (Lipinski definition) is 2. The van der Waals surface area contributed by atoms with Crippen molar-refractivity contribution in [1.29, 1.82) is 0 Å². The smallest absolute Gasteiger partial charge is 0.238 e. The molecule has 1 rings (SSSR count). The van der Waals surface area contributed by atoms with Crippen molar-refractivity contribution in [1.82, 2.24) is 10.2 Å². The van der Waals surface area contributed by atoms with E-state index in [1.807, 2.05) is 43.0 Å². The predicted octanol–water partition coefficient (Wildman–Crippen LogP) is 2.56. The number of unbranched alkanes of at least 4 members (excludes halogenated alkanes) is 1. The zero-order chi connectivity index (χ0) is 17.1. The van der Waals surface area contributed by atoms with Gasteiger partial charge in [0, 0.05) is 12.2 Å². The lowest BCUT2D eigenvalue weighted by Gasteiger charge is -2.21. The molecule has 0 atom stereocenters. The fourth-order valence-corrected chi connectivity index (χ4v) is 2.30. The van der Waals surface area contributed by atoms with E-state index in [1.165, 1.54) is 0 Å². The van der Waals surface area contributed by atoms with Gasteiger partial charge in [0.25, 0.3) is 0 Å². The van der Waals surface area contributed by atoms with Gasteiger partial charge in [-0.3, -0.25) is 14.5 Å².